The minimum atomic E-state index is 0.613. The molecule has 0 aliphatic rings. The molecule has 2 N–H and O–H groups in total. The summed E-state index contributed by atoms with van der Waals surface area (Å²) in [5.41, 5.74) is 5.55. The van der Waals surface area contributed by atoms with E-state index in [1.807, 2.05) is 18.2 Å². The molecule has 0 aliphatic carbocycles. The summed E-state index contributed by atoms with van der Waals surface area (Å²) in [5, 5.41) is 16.4. The van der Waals surface area contributed by atoms with Crippen molar-refractivity contribution in [2.24, 2.45) is 0 Å². The molecule has 0 unspecified atom stereocenters. The smallest absolute Gasteiger partial charge is 0.189 e. The number of benzene rings is 2. The van der Waals surface area contributed by atoms with Crippen LogP contribution in [0.2, 0.25) is 0 Å². The van der Waals surface area contributed by atoms with Gasteiger partial charge in [0.15, 0.2) is 15.8 Å². The van der Waals surface area contributed by atoms with Gasteiger partial charge in [-0.15, -0.1) is 0 Å². The van der Waals surface area contributed by atoms with E-state index in [4.69, 9.17) is 5.26 Å². The van der Waals surface area contributed by atoms with Crippen LogP contribution in [0.15, 0.2) is 48.8 Å². The summed E-state index contributed by atoms with van der Waals surface area (Å²) < 4.78 is 0. The summed E-state index contributed by atoms with van der Waals surface area (Å²) >= 11 is 1.48. The summed E-state index contributed by atoms with van der Waals surface area (Å²) in [7, 11) is 0. The molecule has 132 valence electrons. The number of para-hydroxylation sites is 1. The quantitative estimate of drug-likeness (QED) is 0.520. The highest BCUT2D eigenvalue weighted by molar-refractivity contribution is 7.21. The molecule has 0 spiro atoms. The first kappa shape index (κ1) is 16.9. The van der Waals surface area contributed by atoms with Crippen molar-refractivity contribution in [3.05, 3.63) is 65.5 Å². The van der Waals surface area contributed by atoms with E-state index in [-0.39, 0.29) is 0 Å². The maximum Gasteiger partial charge on any atom is 0.189 e. The number of nitrogens with one attached hydrogen (secondary N) is 2. The Morgan fingerprint density at radius 3 is 2.41 bits per heavy atom. The Labute approximate surface area is 160 Å². The van der Waals surface area contributed by atoms with Gasteiger partial charge in [0.1, 0.15) is 11.8 Å². The van der Waals surface area contributed by atoms with E-state index >= 15 is 0 Å². The van der Waals surface area contributed by atoms with E-state index in [1.54, 1.807) is 12.1 Å². The second-order valence-electron chi connectivity index (χ2n) is 6.10. The lowest BCUT2D eigenvalue weighted by molar-refractivity contribution is 1.21. The normalized spacial score (nSPS) is 10.6. The van der Waals surface area contributed by atoms with Crippen molar-refractivity contribution in [2.75, 3.05) is 10.6 Å². The molecule has 0 fully saturated rings. The number of aryl methyl sites for hydroxylation is 2. The van der Waals surface area contributed by atoms with Gasteiger partial charge in [0.2, 0.25) is 0 Å². The molecule has 0 saturated heterocycles. The van der Waals surface area contributed by atoms with Crippen LogP contribution in [0.25, 0.3) is 10.3 Å². The topological polar surface area (TPSA) is 86.5 Å². The van der Waals surface area contributed by atoms with Crippen molar-refractivity contribution in [1.82, 2.24) is 15.0 Å². The minimum absolute atomic E-state index is 0.613. The number of thiazole rings is 1. The molecule has 4 aromatic rings. The maximum atomic E-state index is 8.92. The fourth-order valence-corrected chi connectivity index (χ4v) is 3.59. The third-order valence-electron chi connectivity index (χ3n) is 4.19. The Morgan fingerprint density at radius 1 is 0.963 bits per heavy atom. The number of nitrogens with zero attached hydrogens (tertiary/aromatic N) is 4. The van der Waals surface area contributed by atoms with Gasteiger partial charge in [0.25, 0.3) is 0 Å². The van der Waals surface area contributed by atoms with E-state index < -0.39 is 0 Å². The van der Waals surface area contributed by atoms with Crippen LogP contribution in [-0.4, -0.2) is 15.0 Å². The molecule has 2 heterocycles. The summed E-state index contributed by atoms with van der Waals surface area (Å²) in [4.78, 5) is 14.2. The highest BCUT2D eigenvalue weighted by Crippen LogP contribution is 2.32. The molecule has 0 amide bonds. The van der Waals surface area contributed by atoms with Crippen LogP contribution in [0.1, 0.15) is 16.7 Å². The standard InChI is InChI=1S/C20H16N6S/c1-12-4-3-5-13(2)16(12)25-20-26-17-18(22-11-23-19(17)27-20)24-15-8-6-14(10-21)7-9-15/h3-9,11H,1-2H3,(H,25,26)(H,22,23,24). The number of rotatable bonds is 4. The summed E-state index contributed by atoms with van der Waals surface area (Å²) in [6.07, 6.45) is 1.52. The van der Waals surface area contributed by atoms with Gasteiger partial charge in [0, 0.05) is 11.4 Å². The van der Waals surface area contributed by atoms with Crippen molar-refractivity contribution in [2.45, 2.75) is 13.8 Å². The van der Waals surface area contributed by atoms with Crippen LogP contribution in [-0.2, 0) is 0 Å². The van der Waals surface area contributed by atoms with Crippen LogP contribution in [0.3, 0.4) is 0 Å². The number of hydrogen-bond acceptors (Lipinski definition) is 7. The zero-order valence-corrected chi connectivity index (χ0v) is 15.6. The van der Waals surface area contributed by atoms with E-state index in [1.165, 1.54) is 17.7 Å². The van der Waals surface area contributed by atoms with Gasteiger partial charge in [0.05, 0.1) is 11.6 Å². The second kappa shape index (κ2) is 7.02. The second-order valence-corrected chi connectivity index (χ2v) is 7.08. The number of anilines is 4. The van der Waals surface area contributed by atoms with E-state index in [2.05, 4.69) is 57.6 Å². The average Bonchev–Trinajstić information content (AvgIpc) is 3.09. The molecular formula is C20H16N6S. The lowest BCUT2D eigenvalue weighted by Crippen LogP contribution is -1.97. The van der Waals surface area contributed by atoms with Crippen molar-refractivity contribution in [3.8, 4) is 6.07 Å². The van der Waals surface area contributed by atoms with Crippen molar-refractivity contribution < 1.29 is 0 Å². The average molecular weight is 372 g/mol. The Bertz CT molecular complexity index is 1140. The summed E-state index contributed by atoms with van der Waals surface area (Å²) in [6.45, 7) is 4.14. The van der Waals surface area contributed by atoms with Crippen molar-refractivity contribution in [3.63, 3.8) is 0 Å². The van der Waals surface area contributed by atoms with Gasteiger partial charge in [-0.1, -0.05) is 29.5 Å². The Hall–Kier alpha value is -3.50. The zero-order chi connectivity index (χ0) is 18.8. The fourth-order valence-electron chi connectivity index (χ4n) is 2.78. The third kappa shape index (κ3) is 3.43. The van der Waals surface area contributed by atoms with Gasteiger partial charge in [-0.05, 0) is 49.2 Å². The van der Waals surface area contributed by atoms with Gasteiger partial charge in [-0.3, -0.25) is 0 Å². The van der Waals surface area contributed by atoms with E-state index in [9.17, 15) is 0 Å². The molecule has 4 rings (SSSR count). The molecule has 0 bridgehead atoms. The van der Waals surface area contributed by atoms with Crippen molar-refractivity contribution >= 4 is 44.0 Å². The third-order valence-corrected chi connectivity index (χ3v) is 5.06. The van der Waals surface area contributed by atoms with E-state index in [0.29, 0.717) is 16.9 Å². The molecule has 2 aromatic heterocycles. The summed E-state index contributed by atoms with van der Waals surface area (Å²) in [5.74, 6) is 0.635. The van der Waals surface area contributed by atoms with Gasteiger partial charge in [-0.25, -0.2) is 15.0 Å². The molecule has 6 nitrogen and oxygen atoms in total. The van der Waals surface area contributed by atoms with Gasteiger partial charge < -0.3 is 10.6 Å². The molecule has 27 heavy (non-hydrogen) atoms. The maximum absolute atomic E-state index is 8.92. The molecule has 7 heteroatoms. The fraction of sp³-hybridized carbons (Fsp3) is 0.100. The molecule has 0 atom stereocenters. The first-order chi connectivity index (χ1) is 13.1. The predicted octanol–water partition coefficient (Wildman–Crippen LogP) is 5.06. The minimum Gasteiger partial charge on any atom is -0.338 e. The molecular weight excluding hydrogens is 356 g/mol. The van der Waals surface area contributed by atoms with Crippen LogP contribution in [0, 0.1) is 25.2 Å². The lowest BCUT2D eigenvalue weighted by Gasteiger charge is -2.09. The first-order valence-electron chi connectivity index (χ1n) is 8.36. The Kier molecular flexibility index (Phi) is 4.40. The van der Waals surface area contributed by atoms with Crippen LogP contribution >= 0.6 is 11.3 Å². The van der Waals surface area contributed by atoms with Crippen LogP contribution < -0.4 is 10.6 Å². The van der Waals surface area contributed by atoms with E-state index in [0.717, 1.165) is 32.5 Å². The Morgan fingerprint density at radius 2 is 1.70 bits per heavy atom. The highest BCUT2D eigenvalue weighted by Gasteiger charge is 2.12. The lowest BCUT2D eigenvalue weighted by atomic mass is 10.1. The van der Waals surface area contributed by atoms with Crippen LogP contribution in [0.4, 0.5) is 22.3 Å². The monoisotopic (exact) mass is 372 g/mol. The van der Waals surface area contributed by atoms with Crippen molar-refractivity contribution in [1.29, 1.82) is 5.26 Å². The Balaban J connectivity index is 1.66. The number of hydrogen-bond donors (Lipinski definition) is 2. The first-order valence-corrected chi connectivity index (χ1v) is 9.17. The number of nitriles is 1. The largest absolute Gasteiger partial charge is 0.338 e. The molecule has 2 aromatic carbocycles. The molecule has 0 aliphatic heterocycles. The number of aromatic nitrogens is 3. The zero-order valence-electron chi connectivity index (χ0n) is 14.8. The molecule has 0 radical (unpaired) electrons. The van der Waals surface area contributed by atoms with Crippen LogP contribution in [0.5, 0.6) is 0 Å². The summed E-state index contributed by atoms with van der Waals surface area (Å²) in [6, 6.07) is 15.5. The predicted molar refractivity (Wildman–Crippen MR) is 109 cm³/mol. The number of fused-ring (bicyclic) bond motifs is 1. The molecule has 0 saturated carbocycles. The highest BCUT2D eigenvalue weighted by atomic mass is 32.1. The van der Waals surface area contributed by atoms with Gasteiger partial charge >= 0.3 is 0 Å². The van der Waals surface area contributed by atoms with Gasteiger partial charge in [-0.2, -0.15) is 5.26 Å². The SMILES string of the molecule is Cc1cccc(C)c1Nc1nc2c(Nc3ccc(C#N)cc3)ncnc2s1.